The summed E-state index contributed by atoms with van der Waals surface area (Å²) in [6.45, 7) is 2.97. The highest BCUT2D eigenvalue weighted by Gasteiger charge is 2.19. The highest BCUT2D eigenvalue weighted by atomic mass is 127. The monoisotopic (exact) mass is 358 g/mol. The number of amides is 1. The Kier molecular flexibility index (Phi) is 5.00. The largest absolute Gasteiger partial charge is 0.324 e. The van der Waals surface area contributed by atoms with Gasteiger partial charge < -0.3 is 10.6 Å². The van der Waals surface area contributed by atoms with Crippen LogP contribution < -0.4 is 10.6 Å². The third kappa shape index (κ3) is 3.68. The van der Waals surface area contributed by atoms with Gasteiger partial charge in [0.15, 0.2) is 0 Å². The summed E-state index contributed by atoms with van der Waals surface area (Å²) in [5.41, 5.74) is 2.04. The van der Waals surface area contributed by atoms with Gasteiger partial charge in [0, 0.05) is 9.26 Å². The molecule has 1 amide bonds. The molecule has 98 valence electrons. The van der Waals surface area contributed by atoms with Crippen LogP contribution in [0.3, 0.4) is 0 Å². The molecule has 0 aliphatic carbocycles. The van der Waals surface area contributed by atoms with E-state index in [0.29, 0.717) is 0 Å². The number of aryl methyl sites for hydroxylation is 1. The van der Waals surface area contributed by atoms with Crippen molar-refractivity contribution >= 4 is 34.2 Å². The highest BCUT2D eigenvalue weighted by Crippen LogP contribution is 2.18. The minimum atomic E-state index is -0.0359. The summed E-state index contributed by atoms with van der Waals surface area (Å²) in [6.07, 6.45) is 4.47. The van der Waals surface area contributed by atoms with E-state index in [2.05, 4.69) is 39.3 Å². The zero-order valence-electron chi connectivity index (χ0n) is 10.6. The molecule has 1 aliphatic rings. The Bertz CT molecular complexity index is 426. The minimum absolute atomic E-state index is 0.0359. The van der Waals surface area contributed by atoms with Gasteiger partial charge in [-0.25, -0.2) is 0 Å². The number of nitrogens with one attached hydrogen (secondary N) is 2. The van der Waals surface area contributed by atoms with E-state index >= 15 is 0 Å². The molecule has 1 saturated heterocycles. The van der Waals surface area contributed by atoms with E-state index in [-0.39, 0.29) is 11.9 Å². The molecule has 18 heavy (non-hydrogen) atoms. The van der Waals surface area contributed by atoms with Gasteiger partial charge in [-0.15, -0.1) is 0 Å². The van der Waals surface area contributed by atoms with Crippen LogP contribution in [0.25, 0.3) is 0 Å². The van der Waals surface area contributed by atoms with Crippen molar-refractivity contribution in [2.24, 2.45) is 0 Å². The number of carbonyl (C=O) groups excluding carboxylic acids is 1. The van der Waals surface area contributed by atoms with E-state index in [0.717, 1.165) is 30.6 Å². The SMILES string of the molecule is Cc1cc(I)ccc1NC(=O)C1CCCCCN1. The summed E-state index contributed by atoms with van der Waals surface area (Å²) < 4.78 is 1.19. The van der Waals surface area contributed by atoms with Crippen molar-refractivity contribution in [3.8, 4) is 0 Å². The Morgan fingerprint density at radius 3 is 3.00 bits per heavy atom. The summed E-state index contributed by atoms with van der Waals surface area (Å²) >= 11 is 2.28. The van der Waals surface area contributed by atoms with Crippen molar-refractivity contribution < 1.29 is 4.79 Å². The van der Waals surface area contributed by atoms with Gasteiger partial charge in [0.25, 0.3) is 0 Å². The molecular formula is C14H19IN2O. The number of anilines is 1. The minimum Gasteiger partial charge on any atom is -0.324 e. The number of hydrogen-bond donors (Lipinski definition) is 2. The fourth-order valence-electron chi connectivity index (χ4n) is 2.24. The van der Waals surface area contributed by atoms with Gasteiger partial charge in [-0.1, -0.05) is 12.8 Å². The first kappa shape index (κ1) is 13.8. The van der Waals surface area contributed by atoms with E-state index in [9.17, 15) is 4.79 Å². The first-order valence-corrected chi connectivity index (χ1v) is 7.55. The molecule has 1 aromatic rings. The van der Waals surface area contributed by atoms with Gasteiger partial charge in [0.2, 0.25) is 5.91 Å². The Hall–Kier alpha value is -0.620. The molecular weight excluding hydrogens is 339 g/mol. The molecule has 1 aromatic carbocycles. The molecule has 0 aromatic heterocycles. The van der Waals surface area contributed by atoms with E-state index in [4.69, 9.17) is 0 Å². The van der Waals surface area contributed by atoms with Crippen LogP contribution in [0.15, 0.2) is 18.2 Å². The average Bonchev–Trinajstić information content (AvgIpc) is 2.61. The first-order valence-electron chi connectivity index (χ1n) is 6.47. The zero-order valence-corrected chi connectivity index (χ0v) is 12.8. The van der Waals surface area contributed by atoms with Crippen molar-refractivity contribution in [1.82, 2.24) is 5.32 Å². The fourth-order valence-corrected chi connectivity index (χ4v) is 2.89. The van der Waals surface area contributed by atoms with Gasteiger partial charge in [0.05, 0.1) is 6.04 Å². The number of rotatable bonds is 2. The third-order valence-electron chi connectivity index (χ3n) is 3.32. The van der Waals surface area contributed by atoms with E-state index in [1.807, 2.05) is 19.1 Å². The van der Waals surface area contributed by atoms with Crippen LogP contribution in [0.2, 0.25) is 0 Å². The first-order chi connectivity index (χ1) is 8.66. The maximum absolute atomic E-state index is 12.2. The Labute approximate surface area is 122 Å². The van der Waals surface area contributed by atoms with Crippen molar-refractivity contribution in [2.75, 3.05) is 11.9 Å². The Morgan fingerprint density at radius 1 is 1.39 bits per heavy atom. The van der Waals surface area contributed by atoms with Crippen molar-refractivity contribution in [3.05, 3.63) is 27.3 Å². The highest BCUT2D eigenvalue weighted by molar-refractivity contribution is 14.1. The van der Waals surface area contributed by atoms with Gasteiger partial charge in [-0.2, -0.15) is 0 Å². The van der Waals surface area contributed by atoms with Crippen molar-refractivity contribution in [1.29, 1.82) is 0 Å². The van der Waals surface area contributed by atoms with Gasteiger partial charge in [-0.05, 0) is 72.7 Å². The lowest BCUT2D eigenvalue weighted by molar-refractivity contribution is -0.118. The average molecular weight is 358 g/mol. The summed E-state index contributed by atoms with van der Waals surface area (Å²) in [6, 6.07) is 6.04. The second kappa shape index (κ2) is 6.52. The van der Waals surface area contributed by atoms with E-state index in [1.54, 1.807) is 0 Å². The standard InChI is InChI=1S/C14H19IN2O/c1-10-9-11(15)6-7-12(10)17-14(18)13-5-3-2-4-8-16-13/h6-7,9,13,16H,2-5,8H2,1H3,(H,17,18). The van der Waals surface area contributed by atoms with Crippen LogP contribution in [-0.2, 0) is 4.79 Å². The quantitative estimate of drug-likeness (QED) is 0.798. The summed E-state index contributed by atoms with van der Waals surface area (Å²) in [5.74, 6) is 0.0983. The maximum Gasteiger partial charge on any atom is 0.241 e. The zero-order chi connectivity index (χ0) is 13.0. The Morgan fingerprint density at radius 2 is 2.22 bits per heavy atom. The summed E-state index contributed by atoms with van der Waals surface area (Å²) in [5, 5.41) is 6.35. The van der Waals surface area contributed by atoms with Gasteiger partial charge in [-0.3, -0.25) is 4.79 Å². The second-order valence-corrected chi connectivity index (χ2v) is 6.05. The molecule has 1 unspecified atom stereocenters. The van der Waals surface area contributed by atoms with Crippen LogP contribution in [0.5, 0.6) is 0 Å². The molecule has 0 saturated carbocycles. The molecule has 2 N–H and O–H groups in total. The van der Waals surface area contributed by atoms with Crippen molar-refractivity contribution in [2.45, 2.75) is 38.6 Å². The summed E-state index contributed by atoms with van der Waals surface area (Å²) in [7, 11) is 0. The van der Waals surface area contributed by atoms with Gasteiger partial charge >= 0.3 is 0 Å². The van der Waals surface area contributed by atoms with Crippen molar-refractivity contribution in [3.63, 3.8) is 0 Å². The lowest BCUT2D eigenvalue weighted by atomic mass is 10.1. The van der Waals surface area contributed by atoms with Crippen LogP contribution >= 0.6 is 22.6 Å². The van der Waals surface area contributed by atoms with Crippen LogP contribution in [0.1, 0.15) is 31.2 Å². The predicted molar refractivity (Wildman–Crippen MR) is 82.8 cm³/mol. The molecule has 1 fully saturated rings. The molecule has 0 spiro atoms. The van der Waals surface area contributed by atoms with Crippen LogP contribution in [-0.4, -0.2) is 18.5 Å². The molecule has 0 radical (unpaired) electrons. The van der Waals surface area contributed by atoms with Crippen LogP contribution in [0, 0.1) is 10.5 Å². The topological polar surface area (TPSA) is 41.1 Å². The summed E-state index contributed by atoms with van der Waals surface area (Å²) in [4.78, 5) is 12.2. The number of carbonyl (C=O) groups is 1. The Balaban J connectivity index is 2.01. The molecule has 1 heterocycles. The second-order valence-electron chi connectivity index (χ2n) is 4.80. The normalized spacial score (nSPS) is 20.2. The van der Waals surface area contributed by atoms with Gasteiger partial charge in [0.1, 0.15) is 0 Å². The molecule has 3 nitrogen and oxygen atoms in total. The van der Waals surface area contributed by atoms with E-state index < -0.39 is 0 Å². The molecule has 2 rings (SSSR count). The third-order valence-corrected chi connectivity index (χ3v) is 3.99. The molecule has 0 bridgehead atoms. The molecule has 4 heteroatoms. The number of benzene rings is 1. The fraction of sp³-hybridized carbons (Fsp3) is 0.500. The van der Waals surface area contributed by atoms with Crippen LogP contribution in [0.4, 0.5) is 5.69 Å². The lowest BCUT2D eigenvalue weighted by Gasteiger charge is -2.16. The lowest BCUT2D eigenvalue weighted by Crippen LogP contribution is -2.39. The number of halogens is 1. The number of hydrogen-bond acceptors (Lipinski definition) is 2. The maximum atomic E-state index is 12.2. The molecule has 1 atom stereocenters. The smallest absolute Gasteiger partial charge is 0.241 e. The predicted octanol–water partition coefficient (Wildman–Crippen LogP) is 3.07. The van der Waals surface area contributed by atoms with E-state index in [1.165, 1.54) is 16.4 Å². The molecule has 1 aliphatic heterocycles.